The van der Waals surface area contributed by atoms with Crippen molar-refractivity contribution in [2.75, 3.05) is 5.01 Å². The van der Waals surface area contributed by atoms with Crippen LogP contribution in [-0.2, 0) is 10.4 Å². The molecule has 0 spiro atoms. The van der Waals surface area contributed by atoms with Gasteiger partial charge in [0.2, 0.25) is 5.91 Å². The minimum atomic E-state index is -2.80. The molecular formula is C21H22ClF2N3O3. The molecule has 160 valence electrons. The highest BCUT2D eigenvalue weighted by molar-refractivity contribution is 6.31. The quantitative estimate of drug-likeness (QED) is 0.485. The third-order valence-electron chi connectivity index (χ3n) is 5.03. The van der Waals surface area contributed by atoms with E-state index in [9.17, 15) is 23.6 Å². The monoisotopic (exact) mass is 437 g/mol. The number of aliphatic hydroxyl groups is 1. The summed E-state index contributed by atoms with van der Waals surface area (Å²) in [5.41, 5.74) is -0.130. The Morgan fingerprint density at radius 3 is 2.50 bits per heavy atom. The third kappa shape index (κ3) is 4.76. The van der Waals surface area contributed by atoms with Crippen molar-refractivity contribution >= 4 is 23.2 Å². The molecule has 9 heteroatoms. The van der Waals surface area contributed by atoms with Gasteiger partial charge in [0, 0.05) is 29.5 Å². The van der Waals surface area contributed by atoms with Crippen molar-refractivity contribution in [3.63, 3.8) is 0 Å². The van der Waals surface area contributed by atoms with Crippen molar-refractivity contribution in [2.24, 2.45) is 5.29 Å². The standard InChI is InChI=1S/C21H22ClF2N3O3/c1-20(2,29)13-6-5-7-15(10-13)27(26-30)18(16-8-3-4-9-17(16)22)19(28)25-14-11-21(23,24)12-14/h3-10,14,18,29H,11-12H2,1-2H3,(H,25,28). The summed E-state index contributed by atoms with van der Waals surface area (Å²) in [7, 11) is 0. The van der Waals surface area contributed by atoms with Gasteiger partial charge in [-0.2, -0.15) is 0 Å². The number of halogens is 3. The van der Waals surface area contributed by atoms with Crippen LogP contribution in [0.3, 0.4) is 0 Å². The first-order chi connectivity index (χ1) is 14.0. The number of hydrogen-bond donors (Lipinski definition) is 2. The van der Waals surface area contributed by atoms with Crippen LogP contribution >= 0.6 is 11.6 Å². The molecule has 1 unspecified atom stereocenters. The van der Waals surface area contributed by atoms with Crippen molar-refractivity contribution in [1.82, 2.24) is 5.32 Å². The van der Waals surface area contributed by atoms with Crippen LogP contribution in [0.25, 0.3) is 0 Å². The molecule has 2 aromatic rings. The second kappa shape index (κ2) is 8.28. The van der Waals surface area contributed by atoms with Crippen LogP contribution in [0.15, 0.2) is 53.8 Å². The Morgan fingerprint density at radius 1 is 1.27 bits per heavy atom. The molecule has 3 rings (SSSR count). The van der Waals surface area contributed by atoms with Crippen LogP contribution in [0.2, 0.25) is 5.02 Å². The number of carbonyl (C=O) groups is 1. The zero-order valence-corrected chi connectivity index (χ0v) is 17.2. The summed E-state index contributed by atoms with van der Waals surface area (Å²) in [6, 6.07) is 10.9. The maximum atomic E-state index is 13.2. The van der Waals surface area contributed by atoms with Crippen LogP contribution < -0.4 is 10.3 Å². The van der Waals surface area contributed by atoms with Crippen LogP contribution in [-0.4, -0.2) is 23.0 Å². The number of amides is 1. The maximum Gasteiger partial charge on any atom is 0.252 e. The van der Waals surface area contributed by atoms with Gasteiger partial charge in [-0.25, -0.2) is 13.8 Å². The van der Waals surface area contributed by atoms with E-state index in [2.05, 4.69) is 10.6 Å². The van der Waals surface area contributed by atoms with Crippen LogP contribution in [0.5, 0.6) is 0 Å². The van der Waals surface area contributed by atoms with E-state index in [-0.39, 0.29) is 10.7 Å². The fourth-order valence-electron chi connectivity index (χ4n) is 3.40. The van der Waals surface area contributed by atoms with E-state index in [4.69, 9.17) is 11.6 Å². The molecule has 0 heterocycles. The largest absolute Gasteiger partial charge is 0.386 e. The Hall–Kier alpha value is -2.58. The minimum Gasteiger partial charge on any atom is -0.386 e. The number of benzene rings is 2. The van der Waals surface area contributed by atoms with Crippen LogP contribution in [0.1, 0.15) is 43.9 Å². The van der Waals surface area contributed by atoms with Gasteiger partial charge in [-0.15, -0.1) is 4.91 Å². The number of anilines is 1. The summed E-state index contributed by atoms with van der Waals surface area (Å²) < 4.78 is 26.4. The number of nitrogens with one attached hydrogen (secondary N) is 1. The van der Waals surface area contributed by atoms with Gasteiger partial charge in [0.15, 0.2) is 6.04 Å². The van der Waals surface area contributed by atoms with Crippen molar-refractivity contribution in [3.8, 4) is 0 Å². The first-order valence-corrected chi connectivity index (χ1v) is 9.78. The smallest absolute Gasteiger partial charge is 0.252 e. The molecule has 0 bridgehead atoms. The predicted octanol–water partition coefficient (Wildman–Crippen LogP) is 4.71. The average Bonchev–Trinajstić information content (AvgIpc) is 2.64. The lowest BCUT2D eigenvalue weighted by atomic mass is 9.88. The second-order valence-corrected chi connectivity index (χ2v) is 8.34. The molecule has 1 amide bonds. The molecule has 1 aliphatic carbocycles. The predicted molar refractivity (Wildman–Crippen MR) is 110 cm³/mol. The van der Waals surface area contributed by atoms with E-state index in [1.54, 1.807) is 56.3 Å². The van der Waals surface area contributed by atoms with Crippen molar-refractivity contribution in [3.05, 3.63) is 69.6 Å². The Morgan fingerprint density at radius 2 is 1.93 bits per heavy atom. The zero-order valence-electron chi connectivity index (χ0n) is 16.5. The maximum absolute atomic E-state index is 13.2. The molecule has 0 aromatic heterocycles. The van der Waals surface area contributed by atoms with E-state index < -0.39 is 42.4 Å². The van der Waals surface area contributed by atoms with Gasteiger partial charge in [-0.05, 0) is 37.6 Å². The summed E-state index contributed by atoms with van der Waals surface area (Å²) in [6.07, 6.45) is -0.923. The highest BCUT2D eigenvalue weighted by atomic mass is 35.5. The van der Waals surface area contributed by atoms with Crippen LogP contribution in [0.4, 0.5) is 14.5 Å². The first kappa shape index (κ1) is 22.1. The van der Waals surface area contributed by atoms with E-state index in [1.807, 2.05) is 0 Å². The fourth-order valence-corrected chi connectivity index (χ4v) is 3.64. The molecule has 6 nitrogen and oxygen atoms in total. The van der Waals surface area contributed by atoms with E-state index in [0.717, 1.165) is 5.01 Å². The molecule has 1 aliphatic rings. The third-order valence-corrected chi connectivity index (χ3v) is 5.38. The van der Waals surface area contributed by atoms with Crippen molar-refractivity contribution < 1.29 is 18.7 Å². The number of nitroso groups, excluding NO2 is 1. The van der Waals surface area contributed by atoms with Crippen molar-refractivity contribution in [2.45, 2.75) is 50.3 Å². The van der Waals surface area contributed by atoms with Crippen molar-refractivity contribution in [1.29, 1.82) is 0 Å². The Kier molecular flexibility index (Phi) is 6.10. The molecule has 1 fully saturated rings. The Bertz CT molecular complexity index is 941. The summed E-state index contributed by atoms with van der Waals surface area (Å²) in [6.45, 7) is 3.17. The SMILES string of the molecule is CC(C)(O)c1cccc(N(N=O)C(C(=O)NC2CC(F)(F)C2)c2ccccc2Cl)c1. The number of carbonyl (C=O) groups excluding carboxylic acids is 1. The van der Waals surface area contributed by atoms with E-state index in [1.165, 1.54) is 6.07 Å². The highest BCUT2D eigenvalue weighted by Gasteiger charge is 2.47. The van der Waals surface area contributed by atoms with Gasteiger partial charge in [0.25, 0.3) is 5.92 Å². The van der Waals surface area contributed by atoms with Gasteiger partial charge >= 0.3 is 0 Å². The van der Waals surface area contributed by atoms with Gasteiger partial charge in [-0.3, -0.25) is 4.79 Å². The Labute approximate surface area is 177 Å². The molecule has 2 N–H and O–H groups in total. The average molecular weight is 438 g/mol. The molecule has 1 saturated carbocycles. The fraction of sp³-hybridized carbons (Fsp3) is 0.381. The van der Waals surface area contributed by atoms with Gasteiger partial charge in [0.05, 0.1) is 16.6 Å². The normalized spacial score (nSPS) is 17.0. The number of nitrogens with zero attached hydrogens (tertiary/aromatic N) is 2. The zero-order chi connectivity index (χ0) is 22.1. The van der Waals surface area contributed by atoms with E-state index in [0.29, 0.717) is 11.1 Å². The molecule has 2 aromatic carbocycles. The number of alkyl halides is 2. The molecule has 0 aliphatic heterocycles. The molecule has 0 radical (unpaired) electrons. The number of hydrogen-bond acceptors (Lipinski definition) is 4. The van der Waals surface area contributed by atoms with Gasteiger partial charge in [0.1, 0.15) is 0 Å². The lowest BCUT2D eigenvalue weighted by Gasteiger charge is -2.37. The van der Waals surface area contributed by atoms with Crippen LogP contribution in [0, 0.1) is 4.91 Å². The molecule has 1 atom stereocenters. The minimum absolute atomic E-state index is 0.226. The van der Waals surface area contributed by atoms with Gasteiger partial charge in [-0.1, -0.05) is 41.9 Å². The van der Waals surface area contributed by atoms with Gasteiger partial charge < -0.3 is 10.4 Å². The summed E-state index contributed by atoms with van der Waals surface area (Å²) in [5, 5.41) is 17.0. The lowest BCUT2D eigenvalue weighted by Crippen LogP contribution is -2.53. The Balaban J connectivity index is 1.99. The number of rotatable bonds is 7. The topological polar surface area (TPSA) is 82.0 Å². The highest BCUT2D eigenvalue weighted by Crippen LogP contribution is 2.39. The van der Waals surface area contributed by atoms with E-state index >= 15 is 0 Å². The first-order valence-electron chi connectivity index (χ1n) is 9.40. The molecule has 30 heavy (non-hydrogen) atoms. The summed E-state index contributed by atoms with van der Waals surface area (Å²) >= 11 is 6.27. The molecular weight excluding hydrogens is 416 g/mol. The summed E-state index contributed by atoms with van der Waals surface area (Å²) in [5.74, 6) is -3.47. The second-order valence-electron chi connectivity index (χ2n) is 7.93. The lowest BCUT2D eigenvalue weighted by molar-refractivity contribution is -0.130. The molecule has 0 saturated heterocycles. The summed E-state index contributed by atoms with van der Waals surface area (Å²) in [4.78, 5) is 24.9.